The van der Waals surface area contributed by atoms with Crippen LogP contribution in [0.25, 0.3) is 0 Å². The van der Waals surface area contributed by atoms with Gasteiger partial charge in [0.2, 0.25) is 0 Å². The topological polar surface area (TPSA) is 29.5 Å². The minimum absolute atomic E-state index is 0.0989. The lowest BCUT2D eigenvalue weighted by atomic mass is 10.1. The molecule has 0 bridgehead atoms. The molecule has 19 heavy (non-hydrogen) atoms. The van der Waals surface area contributed by atoms with E-state index >= 15 is 0 Å². The van der Waals surface area contributed by atoms with Crippen LogP contribution in [0.4, 0.5) is 0 Å². The summed E-state index contributed by atoms with van der Waals surface area (Å²) < 4.78 is 5.00. The Kier molecular flexibility index (Phi) is 6.44. The second kappa shape index (κ2) is 8.14. The monoisotopic (exact) mass is 259 g/mol. The Labute approximate surface area is 115 Å². The number of nitrogens with zero attached hydrogens (tertiary/aromatic N) is 1. The number of allylic oxidation sites excluding steroid dienone is 2. The first kappa shape index (κ1) is 15.0. The van der Waals surface area contributed by atoms with Crippen molar-refractivity contribution in [2.24, 2.45) is 0 Å². The summed E-state index contributed by atoms with van der Waals surface area (Å²) >= 11 is 0. The predicted molar refractivity (Wildman–Crippen MR) is 77.5 cm³/mol. The third-order valence-electron chi connectivity index (χ3n) is 2.81. The first-order valence-electron chi connectivity index (χ1n) is 6.44. The number of carbonyl (C=O) groups excluding carboxylic acids is 1. The summed E-state index contributed by atoms with van der Waals surface area (Å²) in [5.41, 5.74) is 1.15. The van der Waals surface area contributed by atoms with Gasteiger partial charge in [0.05, 0.1) is 12.6 Å². The third kappa shape index (κ3) is 5.00. The molecule has 0 aromatic heterocycles. The molecule has 0 spiro atoms. The van der Waals surface area contributed by atoms with Crippen LogP contribution in [-0.2, 0) is 9.53 Å². The highest BCUT2D eigenvalue weighted by Gasteiger charge is 2.15. The van der Waals surface area contributed by atoms with Gasteiger partial charge in [0, 0.05) is 6.20 Å². The summed E-state index contributed by atoms with van der Waals surface area (Å²) in [5.74, 6) is -0.223. The number of ether oxygens (including phenoxy) is 1. The van der Waals surface area contributed by atoms with Crippen LogP contribution in [0, 0.1) is 0 Å². The molecule has 0 heterocycles. The van der Waals surface area contributed by atoms with E-state index in [1.807, 2.05) is 54.4 Å². The van der Waals surface area contributed by atoms with E-state index in [0.29, 0.717) is 6.61 Å². The average molecular weight is 259 g/mol. The highest BCUT2D eigenvalue weighted by molar-refractivity contribution is 5.71. The number of carbonyl (C=O) groups is 1. The first-order valence-corrected chi connectivity index (χ1v) is 6.44. The van der Waals surface area contributed by atoms with Gasteiger partial charge in [-0.1, -0.05) is 43.0 Å². The molecule has 102 valence electrons. The quantitative estimate of drug-likeness (QED) is 0.556. The van der Waals surface area contributed by atoms with Crippen LogP contribution in [0.3, 0.4) is 0 Å². The van der Waals surface area contributed by atoms with Gasteiger partial charge in [-0.05, 0) is 25.5 Å². The summed E-state index contributed by atoms with van der Waals surface area (Å²) in [6, 6.07) is 10.2. The summed E-state index contributed by atoms with van der Waals surface area (Å²) in [6.07, 6.45) is 5.37. The van der Waals surface area contributed by atoms with Gasteiger partial charge in [-0.15, -0.1) is 0 Å². The molecule has 0 saturated carbocycles. The molecule has 0 aliphatic rings. The molecule has 1 atom stereocenters. The van der Waals surface area contributed by atoms with Gasteiger partial charge in [-0.3, -0.25) is 4.79 Å². The number of esters is 1. The number of hydrogen-bond acceptors (Lipinski definition) is 3. The van der Waals surface area contributed by atoms with Crippen LogP contribution in [-0.4, -0.2) is 24.0 Å². The van der Waals surface area contributed by atoms with E-state index in [-0.39, 0.29) is 18.6 Å². The molecule has 0 radical (unpaired) electrons. The lowest BCUT2D eigenvalue weighted by molar-refractivity contribution is -0.144. The van der Waals surface area contributed by atoms with Crippen molar-refractivity contribution >= 4 is 5.97 Å². The van der Waals surface area contributed by atoms with Gasteiger partial charge in [-0.25, -0.2) is 0 Å². The zero-order valence-corrected chi connectivity index (χ0v) is 11.6. The lowest BCUT2D eigenvalue weighted by Crippen LogP contribution is -2.29. The fourth-order valence-corrected chi connectivity index (χ4v) is 1.77. The summed E-state index contributed by atoms with van der Waals surface area (Å²) in [7, 11) is 0. The molecule has 0 amide bonds. The van der Waals surface area contributed by atoms with Crippen LogP contribution >= 0.6 is 0 Å². The van der Waals surface area contributed by atoms with E-state index in [1.165, 1.54) is 0 Å². The molecular weight excluding hydrogens is 238 g/mol. The van der Waals surface area contributed by atoms with E-state index < -0.39 is 0 Å². The summed E-state index contributed by atoms with van der Waals surface area (Å²) in [6.45, 7) is 8.15. The SMILES string of the molecule is C=CC=CN(CC(=O)OCC)C(C)c1ccccc1. The van der Waals surface area contributed by atoms with Crippen molar-refractivity contribution in [3.63, 3.8) is 0 Å². The van der Waals surface area contributed by atoms with Crippen molar-refractivity contribution in [3.8, 4) is 0 Å². The van der Waals surface area contributed by atoms with Crippen molar-refractivity contribution in [1.29, 1.82) is 0 Å². The van der Waals surface area contributed by atoms with Gasteiger partial charge >= 0.3 is 5.97 Å². The molecule has 0 saturated heterocycles. The maximum Gasteiger partial charge on any atom is 0.325 e. The van der Waals surface area contributed by atoms with Gasteiger partial charge in [0.25, 0.3) is 0 Å². The van der Waals surface area contributed by atoms with E-state index in [1.54, 1.807) is 6.08 Å². The predicted octanol–water partition coefficient (Wildman–Crippen LogP) is 3.31. The summed E-state index contributed by atoms with van der Waals surface area (Å²) in [4.78, 5) is 13.6. The van der Waals surface area contributed by atoms with E-state index in [0.717, 1.165) is 5.56 Å². The fraction of sp³-hybridized carbons (Fsp3) is 0.312. The first-order chi connectivity index (χ1) is 9.19. The normalized spacial score (nSPS) is 12.1. The molecule has 3 heteroatoms. The number of hydrogen-bond donors (Lipinski definition) is 0. The molecule has 0 aliphatic heterocycles. The van der Waals surface area contributed by atoms with Crippen molar-refractivity contribution in [2.45, 2.75) is 19.9 Å². The van der Waals surface area contributed by atoms with Gasteiger partial charge in [0.1, 0.15) is 6.54 Å². The number of benzene rings is 1. The van der Waals surface area contributed by atoms with Crippen molar-refractivity contribution in [2.75, 3.05) is 13.2 Å². The second-order valence-corrected chi connectivity index (χ2v) is 4.14. The average Bonchev–Trinajstić information content (AvgIpc) is 2.44. The largest absolute Gasteiger partial charge is 0.465 e. The second-order valence-electron chi connectivity index (χ2n) is 4.14. The van der Waals surface area contributed by atoms with Crippen LogP contribution in [0.2, 0.25) is 0 Å². The molecule has 3 nitrogen and oxygen atoms in total. The van der Waals surface area contributed by atoms with Gasteiger partial charge in [0.15, 0.2) is 0 Å². The highest BCUT2D eigenvalue weighted by atomic mass is 16.5. The maximum absolute atomic E-state index is 11.6. The zero-order chi connectivity index (χ0) is 14.1. The molecule has 0 N–H and O–H groups in total. The Morgan fingerprint density at radius 1 is 1.42 bits per heavy atom. The minimum Gasteiger partial charge on any atom is -0.465 e. The highest BCUT2D eigenvalue weighted by Crippen LogP contribution is 2.20. The van der Waals surface area contributed by atoms with Crippen molar-refractivity contribution in [3.05, 3.63) is 60.8 Å². The Balaban J connectivity index is 2.81. The molecule has 0 aliphatic carbocycles. The van der Waals surface area contributed by atoms with Crippen molar-refractivity contribution < 1.29 is 9.53 Å². The van der Waals surface area contributed by atoms with E-state index in [2.05, 4.69) is 13.5 Å². The Morgan fingerprint density at radius 2 is 2.11 bits per heavy atom. The molecule has 1 aromatic carbocycles. The Hall–Kier alpha value is -2.03. The molecule has 1 rings (SSSR count). The minimum atomic E-state index is -0.223. The molecule has 0 fully saturated rings. The van der Waals surface area contributed by atoms with Crippen LogP contribution in [0.15, 0.2) is 55.3 Å². The Morgan fingerprint density at radius 3 is 2.68 bits per heavy atom. The smallest absolute Gasteiger partial charge is 0.325 e. The van der Waals surface area contributed by atoms with Gasteiger partial charge in [-0.2, -0.15) is 0 Å². The molecule has 1 aromatic rings. The molecule has 1 unspecified atom stereocenters. The van der Waals surface area contributed by atoms with Crippen LogP contribution in [0.5, 0.6) is 0 Å². The fourth-order valence-electron chi connectivity index (χ4n) is 1.77. The summed E-state index contributed by atoms with van der Waals surface area (Å²) in [5, 5.41) is 0. The third-order valence-corrected chi connectivity index (χ3v) is 2.81. The molecular formula is C16H21NO2. The van der Waals surface area contributed by atoms with Crippen molar-refractivity contribution in [1.82, 2.24) is 4.90 Å². The standard InChI is InChI=1S/C16H21NO2/c1-4-6-12-17(13-16(18)19-5-2)14(3)15-10-8-7-9-11-15/h4,6-12,14H,1,5,13H2,2-3H3. The maximum atomic E-state index is 11.6. The zero-order valence-electron chi connectivity index (χ0n) is 11.6. The number of rotatable bonds is 7. The Bertz CT molecular complexity index is 426. The van der Waals surface area contributed by atoms with Gasteiger partial charge < -0.3 is 9.64 Å². The lowest BCUT2D eigenvalue weighted by Gasteiger charge is -2.27. The van der Waals surface area contributed by atoms with E-state index in [4.69, 9.17) is 4.74 Å². The van der Waals surface area contributed by atoms with E-state index in [9.17, 15) is 4.79 Å². The van der Waals surface area contributed by atoms with Crippen LogP contribution < -0.4 is 0 Å². The van der Waals surface area contributed by atoms with Crippen LogP contribution in [0.1, 0.15) is 25.5 Å².